The maximum absolute atomic E-state index is 12.3. The van der Waals surface area contributed by atoms with Crippen molar-refractivity contribution in [3.05, 3.63) is 48.2 Å². The van der Waals surface area contributed by atoms with Gasteiger partial charge in [-0.3, -0.25) is 4.79 Å². The van der Waals surface area contributed by atoms with Crippen molar-refractivity contribution in [1.82, 2.24) is 9.78 Å². The zero-order chi connectivity index (χ0) is 15.4. The molecule has 1 heterocycles. The van der Waals surface area contributed by atoms with Crippen LogP contribution in [0.4, 0.5) is 5.82 Å². The molecule has 1 amide bonds. The van der Waals surface area contributed by atoms with E-state index in [1.165, 1.54) is 18.4 Å². The van der Waals surface area contributed by atoms with Gasteiger partial charge in [0.25, 0.3) is 0 Å². The number of aromatic nitrogens is 2. The van der Waals surface area contributed by atoms with Crippen LogP contribution in [0.1, 0.15) is 56.6 Å². The Morgan fingerprint density at radius 3 is 2.73 bits per heavy atom. The number of rotatable bonds is 5. The van der Waals surface area contributed by atoms with E-state index in [4.69, 9.17) is 0 Å². The lowest BCUT2D eigenvalue weighted by Gasteiger charge is -2.16. The van der Waals surface area contributed by atoms with E-state index >= 15 is 0 Å². The Hall–Kier alpha value is -2.10. The molecule has 1 aliphatic carbocycles. The van der Waals surface area contributed by atoms with Crippen LogP contribution in [0.3, 0.4) is 0 Å². The predicted molar refractivity (Wildman–Crippen MR) is 87.8 cm³/mol. The molecule has 1 aliphatic rings. The fourth-order valence-electron chi connectivity index (χ4n) is 3.22. The van der Waals surface area contributed by atoms with Crippen molar-refractivity contribution in [1.29, 1.82) is 0 Å². The van der Waals surface area contributed by atoms with E-state index in [2.05, 4.69) is 29.5 Å². The second kappa shape index (κ2) is 6.77. The predicted octanol–water partition coefficient (Wildman–Crippen LogP) is 4.13. The van der Waals surface area contributed by atoms with Gasteiger partial charge in [-0.2, -0.15) is 5.10 Å². The first-order chi connectivity index (χ1) is 10.7. The fraction of sp³-hybridized carbons (Fsp3) is 0.444. The van der Waals surface area contributed by atoms with Crippen LogP contribution in [0, 0.1) is 0 Å². The smallest absolute Gasteiger partial charge is 0.226 e. The maximum atomic E-state index is 12.3. The van der Waals surface area contributed by atoms with Gasteiger partial charge in [0.2, 0.25) is 5.91 Å². The highest BCUT2D eigenvalue weighted by Crippen LogP contribution is 2.31. The summed E-state index contributed by atoms with van der Waals surface area (Å²) in [6, 6.07) is 12.5. The Balaban J connectivity index is 1.61. The average molecular weight is 297 g/mol. The minimum Gasteiger partial charge on any atom is -0.311 e. The topological polar surface area (TPSA) is 46.9 Å². The van der Waals surface area contributed by atoms with E-state index in [-0.39, 0.29) is 11.8 Å². The Labute approximate surface area is 131 Å². The van der Waals surface area contributed by atoms with Crippen LogP contribution < -0.4 is 5.32 Å². The zero-order valence-corrected chi connectivity index (χ0v) is 13.0. The molecule has 22 heavy (non-hydrogen) atoms. The van der Waals surface area contributed by atoms with Gasteiger partial charge in [-0.1, -0.05) is 50.1 Å². The first-order valence-electron chi connectivity index (χ1n) is 8.12. The number of amides is 1. The lowest BCUT2D eigenvalue weighted by Crippen LogP contribution is -2.19. The molecule has 0 spiro atoms. The van der Waals surface area contributed by atoms with Crippen LogP contribution in [-0.2, 0) is 4.79 Å². The zero-order valence-electron chi connectivity index (χ0n) is 13.0. The van der Waals surface area contributed by atoms with Gasteiger partial charge in [0.15, 0.2) is 0 Å². The first kappa shape index (κ1) is 14.8. The van der Waals surface area contributed by atoms with E-state index in [0.717, 1.165) is 18.7 Å². The molecule has 0 bridgehead atoms. The number of benzene rings is 1. The van der Waals surface area contributed by atoms with Crippen LogP contribution in [0.5, 0.6) is 0 Å². The minimum atomic E-state index is 0.0519. The van der Waals surface area contributed by atoms with Crippen molar-refractivity contribution in [2.24, 2.45) is 0 Å². The van der Waals surface area contributed by atoms with Gasteiger partial charge >= 0.3 is 0 Å². The molecule has 1 aromatic carbocycles. The highest BCUT2D eigenvalue weighted by Gasteiger charge is 2.21. The lowest BCUT2D eigenvalue weighted by molar-refractivity contribution is -0.116. The monoisotopic (exact) mass is 297 g/mol. The summed E-state index contributed by atoms with van der Waals surface area (Å²) in [5, 5.41) is 7.42. The largest absolute Gasteiger partial charge is 0.311 e. The van der Waals surface area contributed by atoms with E-state index in [0.29, 0.717) is 12.5 Å². The Bertz CT molecular complexity index is 614. The van der Waals surface area contributed by atoms with Crippen LogP contribution in [0.15, 0.2) is 42.6 Å². The summed E-state index contributed by atoms with van der Waals surface area (Å²) in [7, 11) is 0. The highest BCUT2D eigenvalue weighted by molar-refractivity contribution is 5.90. The minimum absolute atomic E-state index is 0.0519. The van der Waals surface area contributed by atoms with Crippen LogP contribution in [0.25, 0.3) is 0 Å². The summed E-state index contributed by atoms with van der Waals surface area (Å²) in [4.78, 5) is 12.3. The molecule has 0 radical (unpaired) electrons. The molecule has 1 aromatic heterocycles. The number of anilines is 1. The third-order valence-electron chi connectivity index (χ3n) is 4.47. The van der Waals surface area contributed by atoms with Gasteiger partial charge in [-0.25, -0.2) is 4.68 Å². The highest BCUT2D eigenvalue weighted by atomic mass is 16.1. The summed E-state index contributed by atoms with van der Waals surface area (Å²) in [6.07, 6.45) is 7.08. The maximum Gasteiger partial charge on any atom is 0.226 e. The molecule has 116 valence electrons. The van der Waals surface area contributed by atoms with E-state index in [9.17, 15) is 4.79 Å². The molecular weight excluding hydrogens is 274 g/mol. The molecule has 0 saturated heterocycles. The third-order valence-corrected chi connectivity index (χ3v) is 4.47. The van der Waals surface area contributed by atoms with Gasteiger partial charge in [0, 0.05) is 12.5 Å². The van der Waals surface area contributed by atoms with Gasteiger partial charge in [0.05, 0.1) is 12.2 Å². The fourth-order valence-corrected chi connectivity index (χ4v) is 3.22. The molecule has 1 unspecified atom stereocenters. The van der Waals surface area contributed by atoms with Gasteiger partial charge < -0.3 is 5.32 Å². The van der Waals surface area contributed by atoms with Gasteiger partial charge in [-0.15, -0.1) is 0 Å². The van der Waals surface area contributed by atoms with Crippen molar-refractivity contribution >= 4 is 11.7 Å². The van der Waals surface area contributed by atoms with Crippen molar-refractivity contribution in [3.8, 4) is 0 Å². The molecule has 1 N–H and O–H groups in total. The molecule has 0 aliphatic heterocycles. The third kappa shape index (κ3) is 3.38. The summed E-state index contributed by atoms with van der Waals surface area (Å²) in [6.45, 7) is 2.09. The number of hydrogen-bond donors (Lipinski definition) is 1. The van der Waals surface area contributed by atoms with Gasteiger partial charge in [-0.05, 0) is 24.3 Å². The second-order valence-corrected chi connectivity index (χ2v) is 6.16. The van der Waals surface area contributed by atoms with Gasteiger partial charge in [0.1, 0.15) is 5.82 Å². The quantitative estimate of drug-likeness (QED) is 0.902. The van der Waals surface area contributed by atoms with E-state index < -0.39 is 0 Å². The van der Waals surface area contributed by atoms with Crippen molar-refractivity contribution in [3.63, 3.8) is 0 Å². The normalized spacial score (nSPS) is 16.6. The summed E-state index contributed by atoms with van der Waals surface area (Å²) in [5.74, 6) is 1.09. The summed E-state index contributed by atoms with van der Waals surface area (Å²) < 4.78 is 1.98. The molecule has 2 aromatic rings. The van der Waals surface area contributed by atoms with Crippen molar-refractivity contribution < 1.29 is 4.79 Å². The molecule has 1 atom stereocenters. The van der Waals surface area contributed by atoms with Crippen LogP contribution in [-0.4, -0.2) is 15.7 Å². The Morgan fingerprint density at radius 1 is 1.27 bits per heavy atom. The molecule has 4 nitrogen and oxygen atoms in total. The summed E-state index contributed by atoms with van der Waals surface area (Å²) >= 11 is 0. The molecule has 4 heteroatoms. The van der Waals surface area contributed by atoms with E-state index in [1.54, 1.807) is 6.20 Å². The number of hydrogen-bond acceptors (Lipinski definition) is 2. The van der Waals surface area contributed by atoms with E-state index in [1.807, 2.05) is 28.9 Å². The molecule has 1 saturated carbocycles. The Morgan fingerprint density at radius 2 is 2.00 bits per heavy atom. The Kier molecular flexibility index (Phi) is 4.56. The summed E-state index contributed by atoms with van der Waals surface area (Å²) in [5.41, 5.74) is 1.20. The first-order valence-corrected chi connectivity index (χ1v) is 8.12. The number of carbonyl (C=O) groups excluding carboxylic acids is 1. The number of nitrogens with one attached hydrogen (secondary N) is 1. The average Bonchev–Trinajstić information content (AvgIpc) is 3.18. The van der Waals surface area contributed by atoms with Crippen molar-refractivity contribution in [2.45, 2.75) is 51.0 Å². The number of nitrogens with zero attached hydrogens (tertiary/aromatic N) is 2. The second-order valence-electron chi connectivity index (χ2n) is 6.16. The lowest BCUT2D eigenvalue weighted by atomic mass is 9.98. The SMILES string of the molecule is CC(CC(=O)Nc1ccnn1C1CCCC1)c1ccccc1. The van der Waals surface area contributed by atoms with Crippen molar-refractivity contribution in [2.75, 3.05) is 5.32 Å². The molecular formula is C18H23N3O. The molecule has 1 fully saturated rings. The molecule has 3 rings (SSSR count). The number of carbonyl (C=O) groups is 1. The van der Waals surface area contributed by atoms with Crippen LogP contribution in [0.2, 0.25) is 0 Å². The van der Waals surface area contributed by atoms with Crippen LogP contribution >= 0.6 is 0 Å². The standard InChI is InChI=1S/C18H23N3O/c1-14(15-7-3-2-4-8-15)13-18(22)20-17-11-12-19-21(17)16-9-5-6-10-16/h2-4,7-8,11-12,14,16H,5-6,9-10,13H2,1H3,(H,20,22).